The summed E-state index contributed by atoms with van der Waals surface area (Å²) in [5, 5.41) is 21.2. The third kappa shape index (κ3) is 2.44. The minimum Gasteiger partial charge on any atom is -0.386 e. The Balaban J connectivity index is 1.87. The highest BCUT2D eigenvalue weighted by atomic mass is 19.4. The van der Waals surface area contributed by atoms with Crippen LogP contribution in [-0.4, -0.2) is 28.7 Å². The van der Waals surface area contributed by atoms with Crippen LogP contribution in [-0.2, 0) is 6.18 Å². The summed E-state index contributed by atoms with van der Waals surface area (Å²) >= 11 is 0. The van der Waals surface area contributed by atoms with Crippen molar-refractivity contribution in [3.05, 3.63) is 33.9 Å². The molecule has 0 spiro atoms. The van der Waals surface area contributed by atoms with Gasteiger partial charge in [0.05, 0.1) is 10.5 Å². The van der Waals surface area contributed by atoms with Gasteiger partial charge in [-0.25, -0.2) is 0 Å². The number of rotatable bonds is 3. The maximum atomic E-state index is 12.6. The molecule has 2 aliphatic rings. The fraction of sp³-hybridized carbons (Fsp3) is 0.538. The standard InChI is InChI=1S/C13H13F3N2O3/c14-13(15,16)9-3-4-10(11(5-9)18(20)21)17-6-12(19,7-17)8-1-2-8/h3-5,8,19H,1-2,6-7H2. The first-order valence-corrected chi connectivity index (χ1v) is 6.54. The molecule has 3 rings (SSSR count). The van der Waals surface area contributed by atoms with E-state index in [2.05, 4.69) is 0 Å². The van der Waals surface area contributed by atoms with Gasteiger partial charge in [-0.2, -0.15) is 13.2 Å². The van der Waals surface area contributed by atoms with E-state index in [1.165, 1.54) is 0 Å². The van der Waals surface area contributed by atoms with Gasteiger partial charge in [0.25, 0.3) is 5.69 Å². The molecule has 1 saturated carbocycles. The molecule has 0 amide bonds. The molecule has 1 aromatic rings. The highest BCUT2D eigenvalue weighted by Gasteiger charge is 2.53. The third-order valence-electron chi connectivity index (χ3n) is 4.11. The van der Waals surface area contributed by atoms with Crippen LogP contribution >= 0.6 is 0 Å². The Bertz CT molecular complexity index is 593. The van der Waals surface area contributed by atoms with Crippen LogP contribution in [0.5, 0.6) is 0 Å². The Morgan fingerprint density at radius 1 is 1.33 bits per heavy atom. The van der Waals surface area contributed by atoms with Crippen molar-refractivity contribution in [1.82, 2.24) is 0 Å². The molecule has 1 heterocycles. The van der Waals surface area contributed by atoms with Crippen molar-refractivity contribution < 1.29 is 23.2 Å². The second-order valence-corrected chi connectivity index (χ2v) is 5.69. The fourth-order valence-corrected chi connectivity index (χ4v) is 2.78. The average molecular weight is 302 g/mol. The first-order valence-electron chi connectivity index (χ1n) is 6.54. The van der Waals surface area contributed by atoms with E-state index in [-0.39, 0.29) is 24.7 Å². The molecule has 114 valence electrons. The van der Waals surface area contributed by atoms with Crippen molar-refractivity contribution in [3.63, 3.8) is 0 Å². The van der Waals surface area contributed by atoms with Crippen molar-refractivity contribution >= 4 is 11.4 Å². The second-order valence-electron chi connectivity index (χ2n) is 5.69. The number of nitro groups is 1. The second kappa shape index (κ2) is 4.33. The molecule has 0 bridgehead atoms. The van der Waals surface area contributed by atoms with Crippen LogP contribution in [0, 0.1) is 16.0 Å². The summed E-state index contributed by atoms with van der Waals surface area (Å²) in [5.41, 5.74) is -2.35. The maximum Gasteiger partial charge on any atom is 0.416 e. The van der Waals surface area contributed by atoms with Crippen LogP contribution in [0.1, 0.15) is 18.4 Å². The molecular formula is C13H13F3N2O3. The number of halogens is 3. The van der Waals surface area contributed by atoms with Crippen LogP contribution in [0.25, 0.3) is 0 Å². The molecule has 8 heteroatoms. The highest BCUT2D eigenvalue weighted by Crippen LogP contribution is 2.47. The molecule has 0 aromatic heterocycles. The molecule has 5 nitrogen and oxygen atoms in total. The molecule has 0 atom stereocenters. The summed E-state index contributed by atoms with van der Waals surface area (Å²) in [4.78, 5) is 11.7. The molecule has 0 radical (unpaired) electrons. The minimum atomic E-state index is -4.62. The molecule has 21 heavy (non-hydrogen) atoms. The van der Waals surface area contributed by atoms with Crippen LogP contribution < -0.4 is 4.90 Å². The zero-order chi connectivity index (χ0) is 15.4. The first-order chi connectivity index (χ1) is 9.71. The van der Waals surface area contributed by atoms with Gasteiger partial charge >= 0.3 is 6.18 Å². The van der Waals surface area contributed by atoms with Crippen LogP contribution in [0.4, 0.5) is 24.5 Å². The van der Waals surface area contributed by atoms with Crippen LogP contribution in [0.2, 0.25) is 0 Å². The van der Waals surface area contributed by atoms with E-state index in [1.807, 2.05) is 0 Å². The summed E-state index contributed by atoms with van der Waals surface area (Å²) in [6, 6.07) is 2.48. The smallest absolute Gasteiger partial charge is 0.386 e. The number of benzene rings is 1. The van der Waals surface area contributed by atoms with Crippen LogP contribution in [0.15, 0.2) is 18.2 Å². The third-order valence-corrected chi connectivity index (χ3v) is 4.11. The number of anilines is 1. The maximum absolute atomic E-state index is 12.6. The summed E-state index contributed by atoms with van der Waals surface area (Å²) < 4.78 is 37.9. The lowest BCUT2D eigenvalue weighted by Crippen LogP contribution is -2.63. The van der Waals surface area contributed by atoms with Gasteiger partial charge in [0.15, 0.2) is 0 Å². The van der Waals surface area contributed by atoms with Crippen molar-refractivity contribution in [3.8, 4) is 0 Å². The van der Waals surface area contributed by atoms with E-state index in [9.17, 15) is 28.4 Å². The molecule has 1 aromatic carbocycles. The quantitative estimate of drug-likeness (QED) is 0.688. The molecule has 1 saturated heterocycles. The Morgan fingerprint density at radius 3 is 2.43 bits per heavy atom. The van der Waals surface area contributed by atoms with E-state index in [0.29, 0.717) is 6.07 Å². The van der Waals surface area contributed by atoms with Crippen molar-refractivity contribution in [2.45, 2.75) is 24.6 Å². The Morgan fingerprint density at radius 2 is 1.95 bits per heavy atom. The molecule has 2 fully saturated rings. The van der Waals surface area contributed by atoms with Gasteiger partial charge in [0, 0.05) is 19.2 Å². The average Bonchev–Trinajstić information content (AvgIpc) is 3.17. The summed E-state index contributed by atoms with van der Waals surface area (Å²) in [6.07, 6.45) is -2.76. The number of nitrogens with zero attached hydrogens (tertiary/aromatic N) is 2. The summed E-state index contributed by atoms with van der Waals surface area (Å²) in [7, 11) is 0. The highest BCUT2D eigenvalue weighted by molar-refractivity contribution is 5.66. The SMILES string of the molecule is O=[N+]([O-])c1cc(C(F)(F)F)ccc1N1CC(O)(C2CC2)C1. The summed E-state index contributed by atoms with van der Waals surface area (Å²) in [6.45, 7) is 0.452. The molecule has 1 aliphatic carbocycles. The number of β-amino-alcohol motifs (C(OH)–C–C–N with tert-alkyl or cyclic N) is 1. The van der Waals surface area contributed by atoms with E-state index in [4.69, 9.17) is 0 Å². The van der Waals surface area contributed by atoms with Gasteiger partial charge in [-0.3, -0.25) is 10.1 Å². The zero-order valence-corrected chi connectivity index (χ0v) is 10.9. The topological polar surface area (TPSA) is 66.6 Å². The van der Waals surface area contributed by atoms with Crippen molar-refractivity contribution in [2.24, 2.45) is 5.92 Å². The first kappa shape index (κ1) is 14.1. The zero-order valence-electron chi connectivity index (χ0n) is 10.9. The van der Waals surface area contributed by atoms with Gasteiger partial charge in [0.2, 0.25) is 0 Å². The van der Waals surface area contributed by atoms with E-state index in [1.54, 1.807) is 4.90 Å². The molecule has 1 N–H and O–H groups in total. The lowest BCUT2D eigenvalue weighted by atomic mass is 9.88. The van der Waals surface area contributed by atoms with E-state index >= 15 is 0 Å². The van der Waals surface area contributed by atoms with Gasteiger partial charge in [0.1, 0.15) is 11.3 Å². The number of hydrogen-bond acceptors (Lipinski definition) is 4. The fourth-order valence-electron chi connectivity index (χ4n) is 2.78. The molecular weight excluding hydrogens is 289 g/mol. The monoisotopic (exact) mass is 302 g/mol. The summed E-state index contributed by atoms with van der Waals surface area (Å²) in [5.74, 6) is 0.210. The number of hydrogen-bond donors (Lipinski definition) is 1. The minimum absolute atomic E-state index is 0.123. The normalized spacial score (nSPS) is 21.0. The Kier molecular flexibility index (Phi) is 2.91. The predicted molar refractivity (Wildman–Crippen MR) is 68.0 cm³/mol. The van der Waals surface area contributed by atoms with Gasteiger partial charge in [-0.15, -0.1) is 0 Å². The molecule has 0 unspecified atom stereocenters. The number of aliphatic hydroxyl groups is 1. The lowest BCUT2D eigenvalue weighted by molar-refractivity contribution is -0.384. The molecule has 1 aliphatic heterocycles. The largest absolute Gasteiger partial charge is 0.416 e. The van der Waals surface area contributed by atoms with E-state index < -0.39 is 28.0 Å². The number of alkyl halides is 3. The van der Waals surface area contributed by atoms with E-state index in [0.717, 1.165) is 25.0 Å². The van der Waals surface area contributed by atoms with Crippen LogP contribution in [0.3, 0.4) is 0 Å². The Hall–Kier alpha value is -1.83. The van der Waals surface area contributed by atoms with Gasteiger partial charge in [-0.1, -0.05) is 0 Å². The van der Waals surface area contributed by atoms with Gasteiger partial charge in [-0.05, 0) is 30.9 Å². The Labute approximate surface area is 118 Å². The van der Waals surface area contributed by atoms with Crippen molar-refractivity contribution in [1.29, 1.82) is 0 Å². The van der Waals surface area contributed by atoms with Crippen molar-refractivity contribution in [2.75, 3.05) is 18.0 Å². The number of nitro benzene ring substituents is 1. The lowest BCUT2D eigenvalue weighted by Gasteiger charge is -2.48. The van der Waals surface area contributed by atoms with Gasteiger partial charge < -0.3 is 10.0 Å². The predicted octanol–water partition coefficient (Wildman–Crippen LogP) is 2.57.